The number of rotatable bonds is 4. The lowest BCUT2D eigenvalue weighted by atomic mass is 9.95. The van der Waals surface area contributed by atoms with Gasteiger partial charge in [-0.3, -0.25) is 9.89 Å². The second-order valence-electron chi connectivity index (χ2n) is 6.94. The fourth-order valence-electron chi connectivity index (χ4n) is 3.89. The summed E-state index contributed by atoms with van der Waals surface area (Å²) in [7, 11) is 1.86. The lowest BCUT2D eigenvalue weighted by Crippen LogP contribution is -2.47. The third kappa shape index (κ3) is 3.49. The van der Waals surface area contributed by atoms with E-state index in [9.17, 15) is 4.79 Å². The zero-order valence-corrected chi connectivity index (χ0v) is 14.8. The smallest absolute Gasteiger partial charge is 0.244 e. The van der Waals surface area contributed by atoms with Crippen molar-refractivity contribution in [1.29, 1.82) is 0 Å². The number of thiocarbonyl (C=S) groups is 1. The number of H-pyrrole nitrogens is 1. The second kappa shape index (κ2) is 6.47. The average Bonchev–Trinajstić information content (AvgIpc) is 3.19. The van der Waals surface area contributed by atoms with Gasteiger partial charge in [0.25, 0.3) is 0 Å². The van der Waals surface area contributed by atoms with Crippen molar-refractivity contribution in [3.63, 3.8) is 0 Å². The monoisotopic (exact) mass is 335 g/mol. The third-order valence-corrected chi connectivity index (χ3v) is 5.60. The molecule has 2 saturated carbocycles. The van der Waals surface area contributed by atoms with Gasteiger partial charge in [-0.05, 0) is 57.2 Å². The Hall–Kier alpha value is -1.63. The second-order valence-corrected chi connectivity index (χ2v) is 7.33. The average molecular weight is 335 g/mol. The number of carbonyl (C=O) groups excluding carboxylic acids is 1. The van der Waals surface area contributed by atoms with Crippen molar-refractivity contribution in [2.24, 2.45) is 11.8 Å². The predicted molar refractivity (Wildman–Crippen MR) is 94.3 cm³/mol. The summed E-state index contributed by atoms with van der Waals surface area (Å²) in [6.07, 6.45) is 5.24. The molecule has 0 saturated heterocycles. The number of nitrogens with one attached hydrogen (secondary N) is 3. The number of carbonyl (C=O) groups is 1. The van der Waals surface area contributed by atoms with E-state index in [1.807, 2.05) is 20.9 Å². The minimum absolute atomic E-state index is 0.0859. The van der Waals surface area contributed by atoms with Crippen molar-refractivity contribution in [2.75, 3.05) is 18.9 Å². The topological polar surface area (TPSA) is 73.0 Å². The Morgan fingerprint density at radius 2 is 2.17 bits per heavy atom. The summed E-state index contributed by atoms with van der Waals surface area (Å²) in [6, 6.07) is 0.491. The molecule has 1 heterocycles. The number of aromatic nitrogens is 2. The van der Waals surface area contributed by atoms with E-state index < -0.39 is 0 Å². The van der Waals surface area contributed by atoms with Gasteiger partial charge in [-0.1, -0.05) is 6.42 Å². The first-order valence-corrected chi connectivity index (χ1v) is 8.68. The molecule has 1 amide bonds. The van der Waals surface area contributed by atoms with Gasteiger partial charge < -0.3 is 15.5 Å². The summed E-state index contributed by atoms with van der Waals surface area (Å²) >= 11 is 5.46. The minimum atomic E-state index is -0.0859. The van der Waals surface area contributed by atoms with Gasteiger partial charge in [0.15, 0.2) is 5.11 Å². The van der Waals surface area contributed by atoms with Crippen molar-refractivity contribution in [3.8, 4) is 0 Å². The number of amides is 1. The number of fused-ring (bicyclic) bond motifs is 2. The molecule has 0 aromatic carbocycles. The Labute approximate surface area is 142 Å². The zero-order chi connectivity index (χ0) is 16.6. The van der Waals surface area contributed by atoms with Gasteiger partial charge in [-0.15, -0.1) is 0 Å². The Bertz CT molecular complexity index is 594. The van der Waals surface area contributed by atoms with Crippen molar-refractivity contribution in [2.45, 2.75) is 45.6 Å². The molecule has 2 bridgehead atoms. The van der Waals surface area contributed by atoms with E-state index in [1.54, 1.807) is 4.90 Å². The fraction of sp³-hybridized carbons (Fsp3) is 0.688. The number of aryl methyl sites for hydroxylation is 2. The quantitative estimate of drug-likeness (QED) is 0.734. The van der Waals surface area contributed by atoms with Crippen molar-refractivity contribution in [1.82, 2.24) is 20.4 Å². The molecule has 3 unspecified atom stereocenters. The zero-order valence-electron chi connectivity index (χ0n) is 14.0. The highest BCUT2D eigenvalue weighted by atomic mass is 32.1. The fourth-order valence-corrected chi connectivity index (χ4v) is 4.11. The lowest BCUT2D eigenvalue weighted by molar-refractivity contribution is -0.116. The van der Waals surface area contributed by atoms with E-state index in [1.165, 1.54) is 25.7 Å². The number of hydrogen-bond acceptors (Lipinski definition) is 3. The summed E-state index contributed by atoms with van der Waals surface area (Å²) in [4.78, 5) is 14.0. The molecule has 3 N–H and O–H groups in total. The molecule has 0 aliphatic heterocycles. The Kier molecular flexibility index (Phi) is 4.57. The van der Waals surface area contributed by atoms with Crippen LogP contribution < -0.4 is 10.6 Å². The Morgan fingerprint density at radius 1 is 1.39 bits per heavy atom. The molecule has 23 heavy (non-hydrogen) atoms. The first-order valence-electron chi connectivity index (χ1n) is 8.27. The van der Waals surface area contributed by atoms with Crippen molar-refractivity contribution in [3.05, 3.63) is 11.4 Å². The van der Waals surface area contributed by atoms with Gasteiger partial charge in [0, 0.05) is 13.1 Å². The van der Waals surface area contributed by atoms with Crippen LogP contribution in [0.3, 0.4) is 0 Å². The number of aromatic amines is 1. The van der Waals surface area contributed by atoms with Crippen LogP contribution in [0.1, 0.15) is 37.1 Å². The molecule has 126 valence electrons. The van der Waals surface area contributed by atoms with Crippen LogP contribution >= 0.6 is 12.2 Å². The molecule has 0 spiro atoms. The number of hydrogen-bond donors (Lipinski definition) is 3. The highest BCUT2D eigenvalue weighted by Gasteiger charge is 2.39. The molecule has 1 aromatic heterocycles. The van der Waals surface area contributed by atoms with Crippen molar-refractivity contribution < 1.29 is 4.79 Å². The van der Waals surface area contributed by atoms with E-state index >= 15 is 0 Å². The van der Waals surface area contributed by atoms with Crippen LogP contribution in [-0.2, 0) is 4.79 Å². The van der Waals surface area contributed by atoms with E-state index in [-0.39, 0.29) is 12.5 Å². The van der Waals surface area contributed by atoms with Gasteiger partial charge in [-0.2, -0.15) is 5.10 Å². The van der Waals surface area contributed by atoms with Crippen LogP contribution in [0.25, 0.3) is 0 Å². The first-order chi connectivity index (χ1) is 10.9. The van der Waals surface area contributed by atoms with Gasteiger partial charge in [0.2, 0.25) is 5.91 Å². The van der Waals surface area contributed by atoms with Crippen LogP contribution in [0.15, 0.2) is 0 Å². The number of likely N-dealkylation sites (N-methyl/N-ethyl adjacent to an activating group) is 1. The SMILES string of the molecule is Cc1n[nH]c(C)c1NC(=O)CN(C)C(=S)NC1CC2CCC1C2. The third-order valence-electron chi connectivity index (χ3n) is 5.17. The van der Waals surface area contributed by atoms with Gasteiger partial charge in [-0.25, -0.2) is 0 Å². The summed E-state index contributed by atoms with van der Waals surface area (Å²) in [5, 5.41) is 14.0. The molecule has 2 aliphatic carbocycles. The van der Waals surface area contributed by atoms with E-state index in [0.717, 1.165) is 28.9 Å². The summed E-state index contributed by atoms with van der Waals surface area (Å²) < 4.78 is 0. The highest BCUT2D eigenvalue weighted by molar-refractivity contribution is 7.80. The molecule has 6 nitrogen and oxygen atoms in total. The van der Waals surface area contributed by atoms with E-state index in [4.69, 9.17) is 12.2 Å². The summed E-state index contributed by atoms with van der Waals surface area (Å²) in [6.45, 7) is 3.99. The minimum Gasteiger partial charge on any atom is -0.360 e. The standard InChI is InChI=1S/C16H25N5OS/c1-9-15(10(2)20-19-9)18-14(22)8-21(3)16(23)17-13-7-11-4-5-12(13)6-11/h11-13H,4-8H2,1-3H3,(H,17,23)(H,18,22)(H,19,20). The maximum Gasteiger partial charge on any atom is 0.244 e. The maximum absolute atomic E-state index is 12.2. The van der Waals surface area contributed by atoms with Crippen LogP contribution in [0.2, 0.25) is 0 Å². The molecule has 0 radical (unpaired) electrons. The van der Waals surface area contributed by atoms with Crippen LogP contribution in [0, 0.1) is 25.7 Å². The molecule has 2 aliphatic rings. The molecular weight excluding hydrogens is 310 g/mol. The largest absolute Gasteiger partial charge is 0.360 e. The Balaban J connectivity index is 1.49. The predicted octanol–water partition coefficient (Wildman–Crippen LogP) is 1.96. The molecule has 7 heteroatoms. The Morgan fingerprint density at radius 3 is 2.74 bits per heavy atom. The van der Waals surface area contributed by atoms with Gasteiger partial charge in [0.1, 0.15) is 0 Å². The maximum atomic E-state index is 12.2. The normalized spacial score (nSPS) is 25.4. The number of nitrogens with zero attached hydrogens (tertiary/aromatic N) is 2. The van der Waals surface area contributed by atoms with Crippen molar-refractivity contribution >= 4 is 28.9 Å². The van der Waals surface area contributed by atoms with Crippen LogP contribution in [-0.4, -0.2) is 45.8 Å². The van der Waals surface area contributed by atoms with Crippen LogP contribution in [0.4, 0.5) is 5.69 Å². The molecule has 3 atom stereocenters. The molecule has 1 aromatic rings. The van der Waals surface area contributed by atoms with Gasteiger partial charge in [0.05, 0.1) is 23.6 Å². The van der Waals surface area contributed by atoms with E-state index in [2.05, 4.69) is 20.8 Å². The molecule has 3 rings (SSSR count). The highest BCUT2D eigenvalue weighted by Crippen LogP contribution is 2.44. The van der Waals surface area contributed by atoms with Gasteiger partial charge >= 0.3 is 0 Å². The van der Waals surface area contributed by atoms with Crippen LogP contribution in [0.5, 0.6) is 0 Å². The van der Waals surface area contributed by atoms with E-state index in [0.29, 0.717) is 11.2 Å². The number of anilines is 1. The summed E-state index contributed by atoms with van der Waals surface area (Å²) in [5.74, 6) is 1.55. The molecule has 2 fully saturated rings. The first kappa shape index (κ1) is 16.2. The summed E-state index contributed by atoms with van der Waals surface area (Å²) in [5.41, 5.74) is 2.41. The molecular formula is C16H25N5OS. The lowest BCUT2D eigenvalue weighted by Gasteiger charge is -2.28.